The number of amides is 1. The smallest absolute Gasteiger partial charge is 0.322 e. The second-order valence-electron chi connectivity index (χ2n) is 13.6. The highest BCUT2D eigenvalue weighted by Gasteiger charge is 2.64. The summed E-state index contributed by atoms with van der Waals surface area (Å²) >= 11 is 0. The van der Waals surface area contributed by atoms with Crippen LogP contribution in [0.2, 0.25) is 0 Å². The molecule has 0 heterocycles. The van der Waals surface area contributed by atoms with Crippen molar-refractivity contribution in [2.75, 3.05) is 28.3 Å². The molecule has 0 aromatic heterocycles. The number of likely N-dealkylation sites (N-methyl/N-ethyl adjacent to an activating group) is 1. The number of carbonyl (C=O) groups is 4. The number of nitrogens with one attached hydrogen (secondary N) is 1. The van der Waals surface area contributed by atoms with Crippen LogP contribution >= 0.6 is 0 Å². The quantitative estimate of drug-likeness (QED) is 0.158. The highest BCUT2D eigenvalue weighted by molar-refractivity contribution is 6.24. The van der Waals surface area contributed by atoms with E-state index in [1.807, 2.05) is 26.0 Å². The number of hydrogen-bond acceptors (Lipinski definition) is 12. The van der Waals surface area contributed by atoms with Gasteiger partial charge in [-0.3, -0.25) is 24.1 Å². The van der Waals surface area contributed by atoms with Crippen LogP contribution < -0.4 is 15.8 Å². The number of ketones is 2. The molecule has 0 radical (unpaired) electrons. The maximum Gasteiger partial charge on any atom is 0.322 e. The van der Waals surface area contributed by atoms with Crippen molar-refractivity contribution in [3.8, 4) is 22.6 Å². The van der Waals surface area contributed by atoms with Crippen molar-refractivity contribution in [3.63, 3.8) is 0 Å². The Kier molecular flexibility index (Phi) is 9.66. The number of benzene rings is 2. The van der Waals surface area contributed by atoms with E-state index in [9.17, 15) is 39.6 Å². The van der Waals surface area contributed by atoms with Gasteiger partial charge in [-0.25, -0.2) is 0 Å². The Morgan fingerprint density at radius 1 is 1.08 bits per heavy atom. The molecule has 0 bridgehead atoms. The Bertz CT molecular complexity index is 1790. The molecule has 13 heteroatoms. The van der Waals surface area contributed by atoms with Crippen molar-refractivity contribution in [1.82, 2.24) is 10.2 Å². The minimum atomic E-state index is -2.72. The summed E-state index contributed by atoms with van der Waals surface area (Å²) in [5, 5.41) is 48.9. The number of aliphatic hydroxyl groups is 3. The molecule has 1 fully saturated rings. The van der Waals surface area contributed by atoms with Crippen molar-refractivity contribution < 1.29 is 49.1 Å². The van der Waals surface area contributed by atoms with E-state index < -0.39 is 64.1 Å². The molecule has 0 aliphatic heterocycles. The number of ether oxygens (including phenoxy) is 2. The van der Waals surface area contributed by atoms with Crippen molar-refractivity contribution in [2.45, 2.75) is 57.3 Å². The number of Topliss-reactive ketones (excluding diaryl/α,β-unsaturated/α-hetero) is 2. The Morgan fingerprint density at radius 3 is 2.37 bits per heavy atom. The molecule has 3 unspecified atom stereocenters. The van der Waals surface area contributed by atoms with E-state index >= 15 is 0 Å². The first-order chi connectivity index (χ1) is 23.1. The van der Waals surface area contributed by atoms with Gasteiger partial charge >= 0.3 is 5.97 Å². The van der Waals surface area contributed by atoms with E-state index in [1.165, 1.54) is 25.2 Å². The van der Waals surface area contributed by atoms with E-state index in [-0.39, 0.29) is 41.6 Å². The number of nitrogens with zero attached hydrogens (tertiary/aromatic N) is 1. The van der Waals surface area contributed by atoms with Crippen LogP contribution in [-0.2, 0) is 36.9 Å². The first kappa shape index (κ1) is 35.6. The Labute approximate surface area is 284 Å². The number of carbonyl (C=O) groups excluding carboxylic acids is 4. The maximum atomic E-state index is 14.2. The number of phenols is 1. The summed E-state index contributed by atoms with van der Waals surface area (Å²) in [6.45, 7) is 4.34. The molecule has 0 spiro atoms. The number of aromatic hydroxyl groups is 1. The summed E-state index contributed by atoms with van der Waals surface area (Å²) in [4.78, 5) is 53.7. The van der Waals surface area contributed by atoms with Crippen LogP contribution in [0.3, 0.4) is 0 Å². The summed E-state index contributed by atoms with van der Waals surface area (Å²) in [6, 6.07) is 6.85. The summed E-state index contributed by atoms with van der Waals surface area (Å²) in [5.74, 6) is -6.80. The number of methoxy groups -OCH3 is 2. The molecule has 2 aromatic rings. The highest BCUT2D eigenvalue weighted by Crippen LogP contribution is 2.54. The molecule has 49 heavy (non-hydrogen) atoms. The molecular weight excluding hydrogens is 634 g/mol. The molecule has 3 aliphatic carbocycles. The molecule has 5 atom stereocenters. The number of primary amides is 1. The molecular formula is C36H43N3O10. The van der Waals surface area contributed by atoms with Gasteiger partial charge < -0.3 is 41.0 Å². The minimum absolute atomic E-state index is 0.0259. The Morgan fingerprint density at radius 2 is 1.78 bits per heavy atom. The zero-order chi connectivity index (χ0) is 36.1. The molecule has 3 aliphatic rings. The number of esters is 1. The van der Waals surface area contributed by atoms with Crippen molar-refractivity contribution in [3.05, 3.63) is 63.9 Å². The molecule has 5 rings (SSSR count). The lowest BCUT2D eigenvalue weighted by Gasteiger charge is -2.50. The lowest BCUT2D eigenvalue weighted by Crippen LogP contribution is -2.65. The fourth-order valence-electron chi connectivity index (χ4n) is 7.69. The van der Waals surface area contributed by atoms with Crippen molar-refractivity contribution in [1.29, 1.82) is 0 Å². The van der Waals surface area contributed by atoms with Crippen LogP contribution in [0.4, 0.5) is 0 Å². The molecule has 1 saturated carbocycles. The van der Waals surface area contributed by atoms with Gasteiger partial charge in [-0.1, -0.05) is 26.0 Å². The first-order valence-corrected chi connectivity index (χ1v) is 16.1. The zero-order valence-corrected chi connectivity index (χ0v) is 28.4. The SMILES string of the molecule is COC(=O)C(CC(C)C)NCc1ccc(OC)c(-c2ccc(O)c3c2CC2CC4[C@H](N(C)C)C(=O)C(C(N)=O)=C(O)[C@@]4(O)C(=O)C2=C3O)c1. The fourth-order valence-corrected chi connectivity index (χ4v) is 7.69. The van der Waals surface area contributed by atoms with Gasteiger partial charge in [0.05, 0.1) is 25.8 Å². The Balaban J connectivity index is 1.62. The summed E-state index contributed by atoms with van der Waals surface area (Å²) in [5.41, 5.74) is 4.10. The third-order valence-corrected chi connectivity index (χ3v) is 9.90. The largest absolute Gasteiger partial charge is 0.508 e. The minimum Gasteiger partial charge on any atom is -0.508 e. The first-order valence-electron chi connectivity index (χ1n) is 16.1. The Hall–Kier alpha value is -4.72. The van der Waals surface area contributed by atoms with Gasteiger partial charge in [0.15, 0.2) is 11.4 Å². The van der Waals surface area contributed by atoms with E-state index in [2.05, 4.69) is 5.32 Å². The van der Waals surface area contributed by atoms with E-state index in [0.717, 1.165) is 5.56 Å². The van der Waals surface area contributed by atoms with Crippen LogP contribution in [0.25, 0.3) is 16.9 Å². The lowest BCUT2D eigenvalue weighted by atomic mass is 9.57. The highest BCUT2D eigenvalue weighted by atomic mass is 16.5. The summed E-state index contributed by atoms with van der Waals surface area (Å²) < 4.78 is 10.7. The van der Waals surface area contributed by atoms with Gasteiger partial charge in [0.1, 0.15) is 34.6 Å². The van der Waals surface area contributed by atoms with Gasteiger partial charge in [-0.05, 0) is 80.1 Å². The molecule has 0 saturated heterocycles. The number of rotatable bonds is 10. The number of fused-ring (bicyclic) bond motifs is 3. The molecule has 13 nitrogen and oxygen atoms in total. The van der Waals surface area contributed by atoms with E-state index in [4.69, 9.17) is 15.2 Å². The number of aliphatic hydroxyl groups excluding tert-OH is 2. The number of phenolic OH excluding ortho intramolecular Hbond substituents is 1. The molecule has 262 valence electrons. The average molecular weight is 678 g/mol. The van der Waals surface area contributed by atoms with Crippen molar-refractivity contribution >= 4 is 29.2 Å². The van der Waals surface area contributed by atoms with Crippen LogP contribution in [0.15, 0.2) is 47.2 Å². The van der Waals surface area contributed by atoms with Gasteiger partial charge in [0.2, 0.25) is 5.78 Å². The van der Waals surface area contributed by atoms with Crippen LogP contribution in [0, 0.1) is 17.8 Å². The fraction of sp³-hybridized carbons (Fsp3) is 0.444. The van der Waals surface area contributed by atoms with Crippen LogP contribution in [0.1, 0.15) is 43.4 Å². The van der Waals surface area contributed by atoms with Gasteiger partial charge in [0.25, 0.3) is 5.91 Å². The van der Waals surface area contributed by atoms with Gasteiger partial charge in [-0.2, -0.15) is 0 Å². The second kappa shape index (κ2) is 13.3. The predicted molar refractivity (Wildman–Crippen MR) is 178 cm³/mol. The average Bonchev–Trinajstić information content (AvgIpc) is 3.03. The topological polar surface area (TPSA) is 209 Å². The standard InChI is InChI=1S/C36H43N3O10/c1-16(2)11-23(35(46)49-6)38-15-17-7-10-25(48-5)20(12-17)19-8-9-24(40)27-21(19)13-18-14-22-29(39(3)4)31(42)28(34(37)45)33(44)36(22,47)32(43)26(18)30(27)41/h7-10,12,16,18,22-23,29,38,40-41,44,47H,11,13-15H2,1-6H3,(H2,37,45)/t18?,22?,23?,29-,36-/m0/s1. The lowest BCUT2D eigenvalue weighted by molar-refractivity contribution is -0.153. The predicted octanol–water partition coefficient (Wildman–Crippen LogP) is 2.32. The monoisotopic (exact) mass is 677 g/mol. The van der Waals surface area contributed by atoms with E-state index in [0.29, 0.717) is 35.4 Å². The van der Waals surface area contributed by atoms with Gasteiger partial charge in [-0.15, -0.1) is 0 Å². The summed E-state index contributed by atoms with van der Waals surface area (Å²) in [6.07, 6.45) is 0.651. The third kappa shape index (κ3) is 5.85. The second-order valence-corrected chi connectivity index (χ2v) is 13.6. The van der Waals surface area contributed by atoms with Crippen LogP contribution in [0.5, 0.6) is 11.5 Å². The number of hydrogen-bond donors (Lipinski definition) is 6. The van der Waals surface area contributed by atoms with Crippen LogP contribution in [-0.4, -0.2) is 94.8 Å². The molecule has 2 aromatic carbocycles. The molecule has 7 N–H and O–H groups in total. The van der Waals surface area contributed by atoms with E-state index in [1.54, 1.807) is 26.2 Å². The zero-order valence-electron chi connectivity index (χ0n) is 28.4. The maximum absolute atomic E-state index is 14.2. The molecule has 1 amide bonds. The summed E-state index contributed by atoms with van der Waals surface area (Å²) in [7, 11) is 5.95. The normalized spacial score (nSPS) is 24.1. The number of nitrogens with two attached hydrogens (primary N) is 1. The van der Waals surface area contributed by atoms with Crippen molar-refractivity contribution in [2.24, 2.45) is 23.5 Å². The van der Waals surface area contributed by atoms with Gasteiger partial charge in [0, 0.05) is 23.6 Å². The third-order valence-electron chi connectivity index (χ3n) is 9.90.